The molecule has 18 heavy (non-hydrogen) atoms. The molecule has 0 aliphatic carbocycles. The largest absolute Gasteiger partial charge is 0.481 e. The normalized spacial score (nSPS) is 11.4. The van der Waals surface area contributed by atoms with E-state index in [9.17, 15) is 4.79 Å². The molecule has 1 aromatic rings. The second kappa shape index (κ2) is 7.33. The Hall–Kier alpha value is -2.02. The van der Waals surface area contributed by atoms with Crippen LogP contribution in [-0.4, -0.2) is 18.6 Å². The summed E-state index contributed by atoms with van der Waals surface area (Å²) in [6, 6.07) is 8.81. The van der Waals surface area contributed by atoms with Crippen LogP contribution in [0.2, 0.25) is 0 Å². The minimum Gasteiger partial charge on any atom is -0.481 e. The van der Waals surface area contributed by atoms with Gasteiger partial charge in [-0.05, 0) is 31.5 Å². The van der Waals surface area contributed by atoms with Crippen molar-refractivity contribution in [1.82, 2.24) is 5.32 Å². The van der Waals surface area contributed by atoms with Gasteiger partial charge in [-0.25, -0.2) is 0 Å². The molecule has 1 amide bonds. The van der Waals surface area contributed by atoms with Gasteiger partial charge >= 0.3 is 0 Å². The van der Waals surface area contributed by atoms with Gasteiger partial charge in [-0.2, -0.15) is 5.26 Å². The molecule has 0 radical (unpaired) electrons. The average molecular weight is 246 g/mol. The summed E-state index contributed by atoms with van der Waals surface area (Å²) in [6.45, 7) is 4.43. The second-order valence-corrected chi connectivity index (χ2v) is 4.04. The van der Waals surface area contributed by atoms with Gasteiger partial charge in [0, 0.05) is 6.54 Å². The van der Waals surface area contributed by atoms with Crippen molar-refractivity contribution in [3.05, 3.63) is 29.8 Å². The highest BCUT2D eigenvalue weighted by Crippen LogP contribution is 2.14. The van der Waals surface area contributed by atoms with Crippen molar-refractivity contribution in [1.29, 1.82) is 5.26 Å². The smallest absolute Gasteiger partial charge is 0.260 e. The van der Waals surface area contributed by atoms with Crippen LogP contribution in [0.25, 0.3) is 0 Å². The number of carbonyl (C=O) groups excluding carboxylic acids is 1. The zero-order valence-corrected chi connectivity index (χ0v) is 10.8. The highest BCUT2D eigenvalue weighted by Gasteiger charge is 2.13. The molecule has 0 fully saturated rings. The topological polar surface area (TPSA) is 62.1 Å². The first-order valence-electron chi connectivity index (χ1n) is 6.12. The summed E-state index contributed by atoms with van der Waals surface area (Å²) >= 11 is 0. The third-order valence-corrected chi connectivity index (χ3v) is 2.47. The fourth-order valence-corrected chi connectivity index (χ4v) is 1.43. The molecule has 1 unspecified atom stereocenters. The molecule has 96 valence electrons. The predicted octanol–water partition coefficient (Wildman–Crippen LogP) is 2.24. The van der Waals surface area contributed by atoms with Crippen molar-refractivity contribution in [3.63, 3.8) is 0 Å². The van der Waals surface area contributed by atoms with E-state index in [1.165, 1.54) is 0 Å². The lowest BCUT2D eigenvalue weighted by Crippen LogP contribution is -2.36. The van der Waals surface area contributed by atoms with Gasteiger partial charge in [0.05, 0.1) is 11.6 Å². The molecule has 0 aromatic heterocycles. The molecule has 0 spiro atoms. The Morgan fingerprint density at radius 1 is 1.56 bits per heavy atom. The number of ether oxygens (including phenoxy) is 1. The van der Waals surface area contributed by atoms with E-state index >= 15 is 0 Å². The Balaban J connectivity index is 2.50. The van der Waals surface area contributed by atoms with Gasteiger partial charge in [0.2, 0.25) is 0 Å². The van der Waals surface area contributed by atoms with Gasteiger partial charge in [-0.1, -0.05) is 19.4 Å². The molecule has 0 heterocycles. The number of nitrogens with one attached hydrogen (secondary N) is 1. The van der Waals surface area contributed by atoms with Crippen LogP contribution in [0.5, 0.6) is 5.75 Å². The number of carbonyl (C=O) groups is 1. The number of unbranched alkanes of at least 4 members (excludes halogenated alkanes) is 1. The fraction of sp³-hybridized carbons (Fsp3) is 0.429. The fourth-order valence-electron chi connectivity index (χ4n) is 1.43. The predicted molar refractivity (Wildman–Crippen MR) is 69.2 cm³/mol. The van der Waals surface area contributed by atoms with E-state index in [1.807, 2.05) is 6.07 Å². The van der Waals surface area contributed by atoms with E-state index in [0.29, 0.717) is 17.9 Å². The molecule has 1 atom stereocenters. The summed E-state index contributed by atoms with van der Waals surface area (Å²) in [5.74, 6) is 0.401. The highest BCUT2D eigenvalue weighted by atomic mass is 16.5. The van der Waals surface area contributed by atoms with Crippen molar-refractivity contribution in [2.24, 2.45) is 0 Å². The maximum atomic E-state index is 11.7. The Kier molecular flexibility index (Phi) is 5.72. The number of nitrogens with zero attached hydrogens (tertiary/aromatic N) is 1. The van der Waals surface area contributed by atoms with Crippen LogP contribution in [0.15, 0.2) is 24.3 Å². The van der Waals surface area contributed by atoms with Crippen LogP contribution in [0, 0.1) is 11.3 Å². The highest BCUT2D eigenvalue weighted by molar-refractivity contribution is 5.80. The molecule has 0 saturated carbocycles. The van der Waals surface area contributed by atoms with Gasteiger partial charge in [0.1, 0.15) is 5.75 Å². The number of hydrogen-bond donors (Lipinski definition) is 1. The quantitative estimate of drug-likeness (QED) is 0.783. The van der Waals surface area contributed by atoms with Crippen LogP contribution in [-0.2, 0) is 4.79 Å². The Morgan fingerprint density at radius 3 is 3.00 bits per heavy atom. The van der Waals surface area contributed by atoms with Gasteiger partial charge in [-0.15, -0.1) is 0 Å². The third-order valence-electron chi connectivity index (χ3n) is 2.47. The molecule has 0 bridgehead atoms. The number of amides is 1. The van der Waals surface area contributed by atoms with Crippen LogP contribution >= 0.6 is 0 Å². The Labute approximate surface area is 108 Å². The first-order valence-corrected chi connectivity index (χ1v) is 6.12. The van der Waals surface area contributed by atoms with Crippen molar-refractivity contribution < 1.29 is 9.53 Å². The maximum Gasteiger partial charge on any atom is 0.260 e. The van der Waals surface area contributed by atoms with Crippen LogP contribution in [0.3, 0.4) is 0 Å². The Morgan fingerprint density at radius 2 is 2.33 bits per heavy atom. The molecule has 0 aliphatic rings. The zero-order valence-electron chi connectivity index (χ0n) is 10.8. The number of nitriles is 1. The molecule has 4 nitrogen and oxygen atoms in total. The van der Waals surface area contributed by atoms with Crippen LogP contribution in [0.1, 0.15) is 32.3 Å². The number of hydrogen-bond acceptors (Lipinski definition) is 3. The first-order chi connectivity index (χ1) is 8.67. The van der Waals surface area contributed by atoms with E-state index in [-0.39, 0.29) is 5.91 Å². The third kappa shape index (κ3) is 4.46. The average Bonchev–Trinajstić information content (AvgIpc) is 2.39. The molecule has 0 aliphatic heterocycles. The lowest BCUT2D eigenvalue weighted by atomic mass is 10.2. The number of rotatable bonds is 6. The van der Waals surface area contributed by atoms with E-state index in [1.54, 1.807) is 31.2 Å². The van der Waals surface area contributed by atoms with Crippen molar-refractivity contribution in [2.75, 3.05) is 6.54 Å². The molecular formula is C14H18N2O2. The van der Waals surface area contributed by atoms with E-state index in [2.05, 4.69) is 12.2 Å². The molecule has 1 rings (SSSR count). The summed E-state index contributed by atoms with van der Waals surface area (Å²) in [5.41, 5.74) is 0.520. The van der Waals surface area contributed by atoms with Crippen LogP contribution < -0.4 is 10.1 Å². The summed E-state index contributed by atoms with van der Waals surface area (Å²) in [4.78, 5) is 11.7. The van der Waals surface area contributed by atoms with E-state index in [4.69, 9.17) is 10.00 Å². The number of benzene rings is 1. The first kappa shape index (κ1) is 14.0. The second-order valence-electron chi connectivity index (χ2n) is 4.04. The molecular weight excluding hydrogens is 228 g/mol. The summed E-state index contributed by atoms with van der Waals surface area (Å²) < 4.78 is 5.49. The standard InChI is InChI=1S/C14H18N2O2/c1-3-4-8-16-14(17)11(2)18-13-7-5-6-12(9-13)10-15/h5-7,9,11H,3-4,8H2,1-2H3,(H,16,17). The minimum absolute atomic E-state index is 0.134. The van der Waals surface area contributed by atoms with Gasteiger partial charge in [-0.3, -0.25) is 4.79 Å². The van der Waals surface area contributed by atoms with Gasteiger partial charge < -0.3 is 10.1 Å². The molecule has 0 saturated heterocycles. The molecule has 1 N–H and O–H groups in total. The molecule has 4 heteroatoms. The van der Waals surface area contributed by atoms with Crippen molar-refractivity contribution >= 4 is 5.91 Å². The van der Waals surface area contributed by atoms with E-state index < -0.39 is 6.10 Å². The van der Waals surface area contributed by atoms with Crippen molar-refractivity contribution in [3.8, 4) is 11.8 Å². The van der Waals surface area contributed by atoms with E-state index in [0.717, 1.165) is 12.8 Å². The Bertz CT molecular complexity index is 438. The van der Waals surface area contributed by atoms with Crippen molar-refractivity contribution in [2.45, 2.75) is 32.8 Å². The SMILES string of the molecule is CCCCNC(=O)C(C)Oc1cccc(C#N)c1. The van der Waals surface area contributed by atoms with Crippen LogP contribution in [0.4, 0.5) is 0 Å². The lowest BCUT2D eigenvalue weighted by Gasteiger charge is -2.14. The summed E-state index contributed by atoms with van der Waals surface area (Å²) in [6.07, 6.45) is 1.44. The van der Waals surface area contributed by atoms with Gasteiger partial charge in [0.25, 0.3) is 5.91 Å². The zero-order chi connectivity index (χ0) is 13.4. The maximum absolute atomic E-state index is 11.7. The monoisotopic (exact) mass is 246 g/mol. The molecule has 1 aromatic carbocycles. The minimum atomic E-state index is -0.559. The summed E-state index contributed by atoms with van der Waals surface area (Å²) in [7, 11) is 0. The van der Waals surface area contributed by atoms with Gasteiger partial charge in [0.15, 0.2) is 6.10 Å². The summed E-state index contributed by atoms with van der Waals surface area (Å²) in [5, 5.41) is 11.6. The lowest BCUT2D eigenvalue weighted by molar-refractivity contribution is -0.127.